The molecule has 1 aromatic rings. The lowest BCUT2D eigenvalue weighted by atomic mass is 9.96. The van der Waals surface area contributed by atoms with E-state index in [2.05, 4.69) is 9.88 Å². The van der Waals surface area contributed by atoms with Crippen molar-refractivity contribution in [1.29, 1.82) is 0 Å². The molecule has 2 heterocycles. The summed E-state index contributed by atoms with van der Waals surface area (Å²) in [5.41, 5.74) is -0.613. The van der Waals surface area contributed by atoms with E-state index < -0.39 is 5.60 Å². The van der Waals surface area contributed by atoms with Crippen LogP contribution in [0.4, 0.5) is 0 Å². The van der Waals surface area contributed by atoms with Gasteiger partial charge in [0.25, 0.3) is 0 Å². The molecule has 0 unspecified atom stereocenters. The van der Waals surface area contributed by atoms with E-state index in [1.165, 1.54) is 0 Å². The van der Waals surface area contributed by atoms with Crippen LogP contribution in [-0.2, 0) is 0 Å². The van der Waals surface area contributed by atoms with Gasteiger partial charge in [-0.1, -0.05) is 11.6 Å². The standard InChI is InChI=1S/C15H23ClN2O2/c1-15(2,19)11-18-7-5-12(6-8-18)10-20-13-3-4-14(16)17-9-13/h3-4,9,12,19H,5-8,10-11H2,1-2H3. The molecular formula is C15H23ClN2O2. The van der Waals surface area contributed by atoms with Gasteiger partial charge in [-0.3, -0.25) is 0 Å². The summed E-state index contributed by atoms with van der Waals surface area (Å²) >= 11 is 5.74. The molecular weight excluding hydrogens is 276 g/mol. The van der Waals surface area contributed by atoms with Crippen molar-refractivity contribution in [1.82, 2.24) is 9.88 Å². The first kappa shape index (κ1) is 15.5. The highest BCUT2D eigenvalue weighted by Crippen LogP contribution is 2.21. The molecule has 1 aliphatic heterocycles. The van der Waals surface area contributed by atoms with Crippen molar-refractivity contribution in [2.75, 3.05) is 26.2 Å². The van der Waals surface area contributed by atoms with Gasteiger partial charge in [0.05, 0.1) is 18.4 Å². The van der Waals surface area contributed by atoms with Crippen molar-refractivity contribution in [3.05, 3.63) is 23.5 Å². The molecule has 0 spiro atoms. The Kier molecular flexibility index (Phi) is 5.24. The van der Waals surface area contributed by atoms with Crippen molar-refractivity contribution >= 4 is 11.6 Å². The van der Waals surface area contributed by atoms with Gasteiger partial charge in [-0.2, -0.15) is 0 Å². The third-order valence-electron chi connectivity index (χ3n) is 3.50. The maximum Gasteiger partial charge on any atom is 0.137 e. The predicted octanol–water partition coefficient (Wildman–Crippen LogP) is 2.60. The van der Waals surface area contributed by atoms with Gasteiger partial charge in [-0.15, -0.1) is 0 Å². The summed E-state index contributed by atoms with van der Waals surface area (Å²) in [4.78, 5) is 6.32. The van der Waals surface area contributed by atoms with Gasteiger partial charge in [-0.05, 0) is 57.8 Å². The summed E-state index contributed by atoms with van der Waals surface area (Å²) in [5.74, 6) is 1.34. The number of ether oxygens (including phenoxy) is 1. The first-order valence-corrected chi connectivity index (χ1v) is 7.49. The van der Waals surface area contributed by atoms with E-state index in [1.807, 2.05) is 19.9 Å². The van der Waals surface area contributed by atoms with Crippen LogP contribution in [0.3, 0.4) is 0 Å². The maximum atomic E-state index is 9.83. The fraction of sp³-hybridized carbons (Fsp3) is 0.667. The number of likely N-dealkylation sites (tertiary alicyclic amines) is 1. The summed E-state index contributed by atoms with van der Waals surface area (Å²) in [5, 5.41) is 10.3. The number of piperidine rings is 1. The molecule has 1 saturated heterocycles. The van der Waals surface area contributed by atoms with Crippen molar-refractivity contribution in [2.45, 2.75) is 32.3 Å². The third-order valence-corrected chi connectivity index (χ3v) is 3.73. The summed E-state index contributed by atoms with van der Waals surface area (Å²) in [6.07, 6.45) is 3.87. The Bertz CT molecular complexity index is 409. The summed E-state index contributed by atoms with van der Waals surface area (Å²) < 4.78 is 5.75. The van der Waals surface area contributed by atoms with E-state index in [1.54, 1.807) is 12.3 Å². The van der Waals surface area contributed by atoms with Crippen LogP contribution in [0.15, 0.2) is 18.3 Å². The van der Waals surface area contributed by atoms with Gasteiger partial charge in [0.2, 0.25) is 0 Å². The van der Waals surface area contributed by atoms with E-state index in [9.17, 15) is 5.11 Å². The number of hydrogen-bond acceptors (Lipinski definition) is 4. The number of rotatable bonds is 5. The molecule has 0 atom stereocenters. The predicted molar refractivity (Wildman–Crippen MR) is 80.2 cm³/mol. The van der Waals surface area contributed by atoms with E-state index >= 15 is 0 Å². The second kappa shape index (κ2) is 6.74. The highest BCUT2D eigenvalue weighted by molar-refractivity contribution is 6.29. The minimum Gasteiger partial charge on any atom is -0.492 e. The number of halogens is 1. The van der Waals surface area contributed by atoms with Crippen molar-refractivity contribution < 1.29 is 9.84 Å². The van der Waals surface area contributed by atoms with Crippen molar-refractivity contribution in [3.63, 3.8) is 0 Å². The zero-order chi connectivity index (χ0) is 14.6. The molecule has 1 aliphatic rings. The molecule has 0 aromatic carbocycles. The average Bonchev–Trinajstić information content (AvgIpc) is 2.38. The van der Waals surface area contributed by atoms with E-state index in [-0.39, 0.29) is 0 Å². The molecule has 0 aliphatic carbocycles. The molecule has 1 aromatic heterocycles. The Labute approximate surface area is 125 Å². The molecule has 1 fully saturated rings. The van der Waals surface area contributed by atoms with E-state index in [0.717, 1.165) is 44.8 Å². The van der Waals surface area contributed by atoms with Gasteiger partial charge >= 0.3 is 0 Å². The SMILES string of the molecule is CC(C)(O)CN1CCC(COc2ccc(Cl)nc2)CC1. The number of aromatic nitrogens is 1. The zero-order valence-electron chi connectivity index (χ0n) is 12.2. The molecule has 0 saturated carbocycles. The van der Waals surface area contributed by atoms with Gasteiger partial charge in [0, 0.05) is 6.54 Å². The van der Waals surface area contributed by atoms with Crippen LogP contribution in [0, 0.1) is 5.92 Å². The molecule has 0 radical (unpaired) electrons. The lowest BCUT2D eigenvalue weighted by Gasteiger charge is -2.35. The molecule has 112 valence electrons. The molecule has 4 nitrogen and oxygen atoms in total. The van der Waals surface area contributed by atoms with Gasteiger partial charge in [0.15, 0.2) is 0 Å². The number of pyridine rings is 1. The Morgan fingerprint density at radius 2 is 2.10 bits per heavy atom. The lowest BCUT2D eigenvalue weighted by Crippen LogP contribution is -2.43. The Hall–Kier alpha value is -0.840. The van der Waals surface area contributed by atoms with Crippen LogP contribution >= 0.6 is 11.6 Å². The van der Waals surface area contributed by atoms with Crippen LogP contribution < -0.4 is 4.74 Å². The minimum absolute atomic E-state index is 0.484. The minimum atomic E-state index is -0.613. The molecule has 2 rings (SSSR count). The number of hydrogen-bond donors (Lipinski definition) is 1. The molecule has 0 bridgehead atoms. The second-order valence-electron chi connectivity index (χ2n) is 6.16. The summed E-state index contributed by atoms with van der Waals surface area (Å²) in [6.45, 7) is 7.22. The summed E-state index contributed by atoms with van der Waals surface area (Å²) in [6, 6.07) is 3.58. The highest BCUT2D eigenvalue weighted by Gasteiger charge is 2.24. The van der Waals surface area contributed by atoms with E-state index in [4.69, 9.17) is 16.3 Å². The quantitative estimate of drug-likeness (QED) is 0.849. The smallest absolute Gasteiger partial charge is 0.137 e. The molecule has 0 amide bonds. The lowest BCUT2D eigenvalue weighted by molar-refractivity contribution is 0.0212. The van der Waals surface area contributed by atoms with E-state index in [0.29, 0.717) is 11.1 Å². The maximum absolute atomic E-state index is 9.83. The number of nitrogens with zero attached hydrogens (tertiary/aromatic N) is 2. The highest BCUT2D eigenvalue weighted by atomic mass is 35.5. The van der Waals surface area contributed by atoms with Crippen molar-refractivity contribution in [3.8, 4) is 5.75 Å². The number of β-amino-alcohol motifs (C(OH)–C–C–N with tert-alkyl or cyclic N) is 1. The van der Waals surface area contributed by atoms with Gasteiger partial charge in [-0.25, -0.2) is 4.98 Å². The molecule has 20 heavy (non-hydrogen) atoms. The number of aliphatic hydroxyl groups is 1. The van der Waals surface area contributed by atoms with Gasteiger partial charge < -0.3 is 14.7 Å². The Morgan fingerprint density at radius 1 is 1.40 bits per heavy atom. The summed E-state index contributed by atoms with van der Waals surface area (Å²) in [7, 11) is 0. The van der Waals surface area contributed by atoms with Gasteiger partial charge in [0.1, 0.15) is 10.9 Å². The van der Waals surface area contributed by atoms with Crippen LogP contribution in [-0.4, -0.2) is 46.8 Å². The van der Waals surface area contributed by atoms with Crippen LogP contribution in [0.25, 0.3) is 0 Å². The Morgan fingerprint density at radius 3 is 2.65 bits per heavy atom. The second-order valence-corrected chi connectivity index (χ2v) is 6.55. The average molecular weight is 299 g/mol. The molecule has 5 heteroatoms. The largest absolute Gasteiger partial charge is 0.492 e. The normalized spacial score (nSPS) is 18.2. The Balaban J connectivity index is 1.70. The third kappa shape index (κ3) is 5.27. The monoisotopic (exact) mass is 298 g/mol. The fourth-order valence-corrected chi connectivity index (χ4v) is 2.63. The van der Waals surface area contributed by atoms with Crippen LogP contribution in [0.2, 0.25) is 5.15 Å². The zero-order valence-corrected chi connectivity index (χ0v) is 12.9. The fourth-order valence-electron chi connectivity index (χ4n) is 2.52. The van der Waals surface area contributed by atoms with Crippen LogP contribution in [0.1, 0.15) is 26.7 Å². The van der Waals surface area contributed by atoms with Crippen molar-refractivity contribution in [2.24, 2.45) is 5.92 Å². The molecule has 1 N–H and O–H groups in total. The van der Waals surface area contributed by atoms with Crippen LogP contribution in [0.5, 0.6) is 5.75 Å². The first-order valence-electron chi connectivity index (χ1n) is 7.11. The first-order chi connectivity index (χ1) is 9.42. The topological polar surface area (TPSA) is 45.6 Å².